The molecule has 86 valence electrons. The van der Waals surface area contributed by atoms with E-state index in [4.69, 9.17) is 10.8 Å². The molecule has 0 fully saturated rings. The summed E-state index contributed by atoms with van der Waals surface area (Å²) in [6, 6.07) is 0. The lowest BCUT2D eigenvalue weighted by Gasteiger charge is -2.03. The van der Waals surface area contributed by atoms with Gasteiger partial charge in [0.05, 0.1) is 4.92 Å². The van der Waals surface area contributed by atoms with Gasteiger partial charge < -0.3 is 10.8 Å². The molecule has 1 aromatic rings. The Hall–Kier alpha value is -1.95. The van der Waals surface area contributed by atoms with Gasteiger partial charge in [0.1, 0.15) is 0 Å². The Bertz CT molecular complexity index is 430. The molecule has 16 heavy (non-hydrogen) atoms. The summed E-state index contributed by atoms with van der Waals surface area (Å²) in [4.78, 5) is 14.0. The normalized spacial score (nSPS) is 10.9. The molecular weight excluding hydrogens is 210 g/mol. The molecule has 0 aliphatic rings. The molecular formula is C10H13N3O3. The zero-order chi connectivity index (χ0) is 12.1. The molecule has 1 aromatic heterocycles. The molecule has 3 N–H and O–H groups in total. The number of hydrogen-bond donors (Lipinski definition) is 2. The van der Waals surface area contributed by atoms with E-state index in [1.807, 2.05) is 0 Å². The lowest BCUT2D eigenvalue weighted by atomic mass is 10.1. The van der Waals surface area contributed by atoms with Gasteiger partial charge in [-0.05, 0) is 13.3 Å². The van der Waals surface area contributed by atoms with Crippen LogP contribution in [0.4, 0.5) is 11.5 Å². The van der Waals surface area contributed by atoms with E-state index in [0.29, 0.717) is 17.5 Å². The van der Waals surface area contributed by atoms with E-state index in [2.05, 4.69) is 4.98 Å². The van der Waals surface area contributed by atoms with Crippen LogP contribution in [-0.2, 0) is 0 Å². The molecule has 0 aliphatic heterocycles. The summed E-state index contributed by atoms with van der Waals surface area (Å²) in [6.45, 7) is 1.66. The number of nitro groups is 1. The Labute approximate surface area is 92.6 Å². The van der Waals surface area contributed by atoms with Crippen LogP contribution in [0.5, 0.6) is 0 Å². The molecule has 0 saturated heterocycles. The zero-order valence-corrected chi connectivity index (χ0v) is 8.88. The van der Waals surface area contributed by atoms with Gasteiger partial charge in [-0.2, -0.15) is 0 Å². The van der Waals surface area contributed by atoms with Crippen LogP contribution in [-0.4, -0.2) is 21.6 Å². The molecule has 6 heteroatoms. The van der Waals surface area contributed by atoms with Crippen molar-refractivity contribution < 1.29 is 10.0 Å². The smallest absolute Gasteiger partial charge is 0.314 e. The van der Waals surface area contributed by atoms with Crippen LogP contribution in [0.2, 0.25) is 0 Å². The van der Waals surface area contributed by atoms with Crippen molar-refractivity contribution in [2.24, 2.45) is 0 Å². The maximum absolute atomic E-state index is 10.7. The van der Waals surface area contributed by atoms with Crippen LogP contribution in [0.15, 0.2) is 12.3 Å². The summed E-state index contributed by atoms with van der Waals surface area (Å²) < 4.78 is 0. The SMILES string of the molecule is Cc1c(C=CCCO)cnc(N)c1[N+](=O)[O-]. The molecule has 0 aliphatic carbocycles. The maximum Gasteiger partial charge on any atom is 0.314 e. The fourth-order valence-electron chi connectivity index (χ4n) is 1.31. The second kappa shape index (κ2) is 5.22. The minimum absolute atomic E-state index is 0.0417. The van der Waals surface area contributed by atoms with Crippen molar-refractivity contribution in [1.82, 2.24) is 4.98 Å². The third-order valence-electron chi connectivity index (χ3n) is 2.15. The fourth-order valence-corrected chi connectivity index (χ4v) is 1.31. The first-order valence-electron chi connectivity index (χ1n) is 4.74. The molecule has 0 aromatic carbocycles. The second-order valence-corrected chi connectivity index (χ2v) is 3.24. The maximum atomic E-state index is 10.7. The Balaban J connectivity index is 3.13. The quantitative estimate of drug-likeness (QED) is 0.591. The van der Waals surface area contributed by atoms with Crippen LogP contribution >= 0.6 is 0 Å². The topological polar surface area (TPSA) is 102 Å². The van der Waals surface area contributed by atoms with Crippen LogP contribution < -0.4 is 5.73 Å². The van der Waals surface area contributed by atoms with E-state index in [-0.39, 0.29) is 18.1 Å². The molecule has 0 atom stereocenters. The van der Waals surface area contributed by atoms with Crippen LogP contribution in [0.3, 0.4) is 0 Å². The van der Waals surface area contributed by atoms with Crippen molar-refractivity contribution in [2.75, 3.05) is 12.3 Å². The van der Waals surface area contributed by atoms with E-state index in [0.717, 1.165) is 0 Å². The largest absolute Gasteiger partial charge is 0.396 e. The predicted octanol–water partition coefficient (Wildman–Crippen LogP) is 1.28. The molecule has 0 bridgehead atoms. The number of aliphatic hydroxyl groups excluding tert-OH is 1. The van der Waals surface area contributed by atoms with E-state index in [1.165, 1.54) is 6.20 Å². The van der Waals surface area contributed by atoms with Gasteiger partial charge in [0.15, 0.2) is 0 Å². The number of rotatable bonds is 4. The molecule has 0 saturated carbocycles. The van der Waals surface area contributed by atoms with Gasteiger partial charge in [0.2, 0.25) is 5.82 Å². The average molecular weight is 223 g/mol. The highest BCUT2D eigenvalue weighted by Gasteiger charge is 2.18. The number of anilines is 1. The minimum atomic E-state index is -0.541. The predicted molar refractivity (Wildman–Crippen MR) is 60.8 cm³/mol. The van der Waals surface area contributed by atoms with Gasteiger partial charge in [-0.25, -0.2) is 4.98 Å². The first kappa shape index (κ1) is 12.1. The summed E-state index contributed by atoms with van der Waals surface area (Å²) >= 11 is 0. The average Bonchev–Trinajstić information content (AvgIpc) is 2.21. The Kier molecular flexibility index (Phi) is 3.96. The molecule has 0 spiro atoms. The summed E-state index contributed by atoms with van der Waals surface area (Å²) in [5.74, 6) is -0.0817. The number of pyridine rings is 1. The molecule has 1 heterocycles. The third-order valence-corrected chi connectivity index (χ3v) is 2.15. The van der Waals surface area contributed by atoms with Gasteiger partial charge in [-0.15, -0.1) is 0 Å². The van der Waals surface area contributed by atoms with Crippen molar-refractivity contribution in [2.45, 2.75) is 13.3 Å². The molecule has 0 unspecified atom stereocenters. The summed E-state index contributed by atoms with van der Waals surface area (Å²) in [6.07, 6.45) is 5.39. The number of nitrogens with zero attached hydrogens (tertiary/aromatic N) is 2. The van der Waals surface area contributed by atoms with Gasteiger partial charge in [-0.1, -0.05) is 12.2 Å². The van der Waals surface area contributed by atoms with Crippen molar-refractivity contribution >= 4 is 17.6 Å². The van der Waals surface area contributed by atoms with E-state index in [9.17, 15) is 10.1 Å². The zero-order valence-electron chi connectivity index (χ0n) is 8.88. The Morgan fingerprint density at radius 3 is 2.94 bits per heavy atom. The molecule has 1 rings (SSSR count). The molecule has 0 amide bonds. The Morgan fingerprint density at radius 1 is 1.69 bits per heavy atom. The molecule has 6 nitrogen and oxygen atoms in total. The highest BCUT2D eigenvalue weighted by atomic mass is 16.6. The summed E-state index contributed by atoms with van der Waals surface area (Å²) in [5.41, 5.74) is 6.38. The van der Waals surface area contributed by atoms with Gasteiger partial charge >= 0.3 is 5.69 Å². The first-order valence-corrected chi connectivity index (χ1v) is 4.74. The van der Waals surface area contributed by atoms with Crippen LogP contribution in [0.1, 0.15) is 17.5 Å². The van der Waals surface area contributed by atoms with E-state index in [1.54, 1.807) is 19.1 Å². The minimum Gasteiger partial charge on any atom is -0.396 e. The van der Waals surface area contributed by atoms with Crippen molar-refractivity contribution in [3.8, 4) is 0 Å². The van der Waals surface area contributed by atoms with Gasteiger partial charge in [0.25, 0.3) is 0 Å². The van der Waals surface area contributed by atoms with Crippen molar-refractivity contribution in [3.05, 3.63) is 33.5 Å². The van der Waals surface area contributed by atoms with Crippen LogP contribution in [0, 0.1) is 17.0 Å². The second-order valence-electron chi connectivity index (χ2n) is 3.24. The number of hydrogen-bond acceptors (Lipinski definition) is 5. The fraction of sp³-hybridized carbons (Fsp3) is 0.300. The summed E-state index contributed by atoms with van der Waals surface area (Å²) in [7, 11) is 0. The summed E-state index contributed by atoms with van der Waals surface area (Å²) in [5, 5.41) is 19.4. The first-order chi connectivity index (χ1) is 7.57. The van der Waals surface area contributed by atoms with Crippen molar-refractivity contribution in [1.29, 1.82) is 0 Å². The standard InChI is InChI=1S/C10H13N3O3/c1-7-8(4-2-3-5-14)6-12-10(11)9(7)13(15)16/h2,4,6,14H,3,5H2,1H3,(H2,11,12). The number of aliphatic hydroxyl groups is 1. The van der Waals surface area contributed by atoms with E-state index < -0.39 is 4.92 Å². The van der Waals surface area contributed by atoms with Crippen molar-refractivity contribution in [3.63, 3.8) is 0 Å². The Morgan fingerprint density at radius 2 is 2.38 bits per heavy atom. The number of aromatic nitrogens is 1. The third kappa shape index (κ3) is 2.54. The molecule has 0 radical (unpaired) electrons. The van der Waals surface area contributed by atoms with Gasteiger partial charge in [0, 0.05) is 23.9 Å². The number of nitrogens with two attached hydrogens (primary N) is 1. The lowest BCUT2D eigenvalue weighted by molar-refractivity contribution is -0.384. The van der Waals surface area contributed by atoms with E-state index >= 15 is 0 Å². The number of nitrogen functional groups attached to an aromatic ring is 1. The highest BCUT2D eigenvalue weighted by Crippen LogP contribution is 2.26. The highest BCUT2D eigenvalue weighted by molar-refractivity contribution is 5.66. The lowest BCUT2D eigenvalue weighted by Crippen LogP contribution is -2.02. The monoisotopic (exact) mass is 223 g/mol. The van der Waals surface area contributed by atoms with Gasteiger partial charge in [-0.3, -0.25) is 10.1 Å². The van der Waals surface area contributed by atoms with Crippen LogP contribution in [0.25, 0.3) is 6.08 Å².